The highest BCUT2D eigenvalue weighted by Crippen LogP contribution is 2.14. The predicted molar refractivity (Wildman–Crippen MR) is 121 cm³/mol. The number of unbranched alkanes of at least 4 members (excludes halogenated alkanes) is 11. The fourth-order valence-electron chi connectivity index (χ4n) is 3.39. The molecule has 0 aromatic rings. The summed E-state index contributed by atoms with van der Waals surface area (Å²) in [4.78, 5) is 24.0. The normalized spacial score (nSPS) is 11.0. The van der Waals surface area contributed by atoms with Crippen LogP contribution in [-0.2, 0) is 19.1 Å². The quantitative estimate of drug-likeness (QED) is 0.146. The van der Waals surface area contributed by atoms with Gasteiger partial charge in [-0.3, -0.25) is 9.59 Å². The fourth-order valence-corrected chi connectivity index (χ4v) is 3.39. The number of carbonyl (C=O) groups excluding carboxylic acids is 2. The summed E-state index contributed by atoms with van der Waals surface area (Å²) >= 11 is 0. The monoisotopic (exact) mass is 412 g/mol. The Labute approximate surface area is 180 Å². The lowest BCUT2D eigenvalue weighted by molar-refractivity contribution is -0.149. The van der Waals surface area contributed by atoms with Gasteiger partial charge in [-0.05, 0) is 19.3 Å². The largest absolute Gasteiger partial charge is 0.465 e. The summed E-state index contributed by atoms with van der Waals surface area (Å²) in [5, 5.41) is 0. The van der Waals surface area contributed by atoms with E-state index < -0.39 is 0 Å². The van der Waals surface area contributed by atoms with Gasteiger partial charge in [0.1, 0.15) is 0 Å². The van der Waals surface area contributed by atoms with Gasteiger partial charge in [-0.15, -0.1) is 0 Å². The predicted octanol–water partition coefficient (Wildman–Crippen LogP) is 7.38. The molecule has 0 atom stereocenters. The van der Waals surface area contributed by atoms with Gasteiger partial charge in [0.05, 0.1) is 13.2 Å². The molecular weight excluding hydrogens is 364 g/mol. The van der Waals surface area contributed by atoms with E-state index in [1.807, 2.05) is 0 Å². The molecule has 0 amide bonds. The van der Waals surface area contributed by atoms with Crippen LogP contribution in [0.25, 0.3) is 0 Å². The Morgan fingerprint density at radius 3 is 1.34 bits per heavy atom. The highest BCUT2D eigenvalue weighted by Gasteiger charge is 2.15. The molecule has 0 aliphatic heterocycles. The topological polar surface area (TPSA) is 52.6 Å². The van der Waals surface area contributed by atoms with Gasteiger partial charge < -0.3 is 9.47 Å². The van der Waals surface area contributed by atoms with E-state index in [-0.39, 0.29) is 17.9 Å². The van der Waals surface area contributed by atoms with E-state index in [1.165, 1.54) is 57.8 Å². The van der Waals surface area contributed by atoms with Crippen LogP contribution in [0.3, 0.4) is 0 Å². The van der Waals surface area contributed by atoms with Crippen molar-refractivity contribution in [3.05, 3.63) is 0 Å². The van der Waals surface area contributed by atoms with E-state index in [0.29, 0.717) is 26.1 Å². The van der Waals surface area contributed by atoms with Gasteiger partial charge in [0.15, 0.2) is 0 Å². The Kier molecular flexibility index (Phi) is 20.9. The zero-order chi connectivity index (χ0) is 21.6. The molecule has 0 bridgehead atoms. The lowest BCUT2D eigenvalue weighted by Gasteiger charge is -2.17. The SMILES string of the molecule is CCCCCCCC(=O)OCC(CCCCCC)COC(=O)CCCCCCC. The third-order valence-electron chi connectivity index (χ3n) is 5.39. The Morgan fingerprint density at radius 1 is 0.552 bits per heavy atom. The standard InChI is InChI=1S/C25H48O4/c1-4-7-10-13-16-19-24(26)28-21-23(18-15-12-9-6-3)22-29-25(27)20-17-14-11-8-5-2/h23H,4-22H2,1-3H3. The molecule has 0 heterocycles. The van der Waals surface area contributed by atoms with Crippen LogP contribution in [0.1, 0.15) is 130 Å². The molecule has 0 fully saturated rings. The lowest BCUT2D eigenvalue weighted by Crippen LogP contribution is -2.21. The highest BCUT2D eigenvalue weighted by molar-refractivity contribution is 5.69. The van der Waals surface area contributed by atoms with Gasteiger partial charge in [-0.1, -0.05) is 97.8 Å². The van der Waals surface area contributed by atoms with Crippen LogP contribution in [0.15, 0.2) is 0 Å². The molecule has 0 unspecified atom stereocenters. The zero-order valence-corrected chi connectivity index (χ0v) is 19.6. The summed E-state index contributed by atoms with van der Waals surface area (Å²) in [6.07, 6.45) is 18.0. The second kappa shape index (κ2) is 21.6. The first-order valence-electron chi connectivity index (χ1n) is 12.4. The Morgan fingerprint density at radius 2 is 0.931 bits per heavy atom. The van der Waals surface area contributed by atoms with E-state index >= 15 is 0 Å². The van der Waals surface area contributed by atoms with Crippen LogP contribution < -0.4 is 0 Å². The molecule has 0 saturated heterocycles. The van der Waals surface area contributed by atoms with Crippen molar-refractivity contribution >= 4 is 11.9 Å². The first-order chi connectivity index (χ1) is 14.1. The number of rotatable bonds is 21. The van der Waals surface area contributed by atoms with E-state index in [4.69, 9.17) is 9.47 Å². The van der Waals surface area contributed by atoms with E-state index in [0.717, 1.165) is 38.5 Å². The average Bonchev–Trinajstić information content (AvgIpc) is 2.72. The molecule has 0 radical (unpaired) electrons. The maximum absolute atomic E-state index is 12.0. The summed E-state index contributed by atoms with van der Waals surface area (Å²) in [6.45, 7) is 7.33. The summed E-state index contributed by atoms with van der Waals surface area (Å²) in [7, 11) is 0. The molecule has 0 aliphatic carbocycles. The van der Waals surface area contributed by atoms with Crippen molar-refractivity contribution in [2.75, 3.05) is 13.2 Å². The summed E-state index contributed by atoms with van der Waals surface area (Å²) in [5.74, 6) is -0.0930. The molecule has 4 heteroatoms. The maximum atomic E-state index is 12.0. The minimum absolute atomic E-state index is 0.109. The number of esters is 2. The van der Waals surface area contributed by atoms with Crippen LogP contribution in [-0.4, -0.2) is 25.2 Å². The molecule has 29 heavy (non-hydrogen) atoms. The molecule has 0 spiro atoms. The van der Waals surface area contributed by atoms with Crippen LogP contribution in [0.2, 0.25) is 0 Å². The molecule has 172 valence electrons. The molecule has 0 aromatic heterocycles. The maximum Gasteiger partial charge on any atom is 0.305 e. The Balaban J connectivity index is 4.09. The van der Waals surface area contributed by atoms with E-state index in [1.54, 1.807) is 0 Å². The van der Waals surface area contributed by atoms with Crippen LogP contribution in [0.4, 0.5) is 0 Å². The van der Waals surface area contributed by atoms with Crippen molar-refractivity contribution in [2.45, 2.75) is 130 Å². The molecule has 0 saturated carbocycles. The molecule has 0 rings (SSSR count). The van der Waals surface area contributed by atoms with Crippen molar-refractivity contribution in [1.82, 2.24) is 0 Å². The molecule has 0 aliphatic rings. The first-order valence-corrected chi connectivity index (χ1v) is 12.4. The van der Waals surface area contributed by atoms with Gasteiger partial charge in [0.2, 0.25) is 0 Å². The molecule has 0 aromatic carbocycles. The molecule has 4 nitrogen and oxygen atoms in total. The Bertz CT molecular complexity index is 351. The second-order valence-corrected chi connectivity index (χ2v) is 8.41. The summed E-state index contributed by atoms with van der Waals surface area (Å²) in [6, 6.07) is 0. The van der Waals surface area contributed by atoms with E-state index in [2.05, 4.69) is 20.8 Å². The van der Waals surface area contributed by atoms with Crippen LogP contribution >= 0.6 is 0 Å². The molecule has 0 N–H and O–H groups in total. The van der Waals surface area contributed by atoms with Crippen molar-refractivity contribution < 1.29 is 19.1 Å². The van der Waals surface area contributed by atoms with Gasteiger partial charge in [-0.25, -0.2) is 0 Å². The number of carbonyl (C=O) groups is 2. The highest BCUT2D eigenvalue weighted by atomic mass is 16.5. The van der Waals surface area contributed by atoms with Gasteiger partial charge in [0, 0.05) is 18.8 Å². The Hall–Kier alpha value is -1.06. The smallest absolute Gasteiger partial charge is 0.305 e. The average molecular weight is 413 g/mol. The van der Waals surface area contributed by atoms with Gasteiger partial charge in [-0.2, -0.15) is 0 Å². The van der Waals surface area contributed by atoms with Crippen molar-refractivity contribution in [3.63, 3.8) is 0 Å². The lowest BCUT2D eigenvalue weighted by atomic mass is 10.0. The van der Waals surface area contributed by atoms with Crippen molar-refractivity contribution in [3.8, 4) is 0 Å². The number of hydrogen-bond acceptors (Lipinski definition) is 4. The van der Waals surface area contributed by atoms with Crippen molar-refractivity contribution in [1.29, 1.82) is 0 Å². The minimum atomic E-state index is -0.109. The summed E-state index contributed by atoms with van der Waals surface area (Å²) < 4.78 is 11.0. The second-order valence-electron chi connectivity index (χ2n) is 8.41. The molecular formula is C25H48O4. The van der Waals surface area contributed by atoms with Crippen LogP contribution in [0.5, 0.6) is 0 Å². The zero-order valence-electron chi connectivity index (χ0n) is 19.6. The number of ether oxygens (including phenoxy) is 2. The summed E-state index contributed by atoms with van der Waals surface area (Å²) in [5.41, 5.74) is 0. The third kappa shape index (κ3) is 20.0. The van der Waals surface area contributed by atoms with Gasteiger partial charge in [0.25, 0.3) is 0 Å². The van der Waals surface area contributed by atoms with Crippen molar-refractivity contribution in [2.24, 2.45) is 5.92 Å². The number of hydrogen-bond donors (Lipinski definition) is 0. The van der Waals surface area contributed by atoms with Crippen LogP contribution in [0, 0.1) is 5.92 Å². The fraction of sp³-hybridized carbons (Fsp3) is 0.920. The minimum Gasteiger partial charge on any atom is -0.465 e. The third-order valence-corrected chi connectivity index (χ3v) is 5.39. The first kappa shape index (κ1) is 27.9. The van der Waals surface area contributed by atoms with E-state index in [9.17, 15) is 9.59 Å². The van der Waals surface area contributed by atoms with Gasteiger partial charge >= 0.3 is 11.9 Å².